The van der Waals surface area contributed by atoms with Gasteiger partial charge in [0.2, 0.25) is 5.91 Å². The second kappa shape index (κ2) is 8.80. The van der Waals surface area contributed by atoms with Crippen LogP contribution in [0.5, 0.6) is 0 Å². The van der Waals surface area contributed by atoms with Crippen molar-refractivity contribution >= 4 is 17.8 Å². The molecule has 7 heteroatoms. The molecule has 3 N–H and O–H groups in total. The van der Waals surface area contributed by atoms with E-state index in [0.717, 1.165) is 5.56 Å². The molecule has 1 fully saturated rings. The molecular formula is C19H27N3O4. The number of carboxylic acids is 1. The lowest BCUT2D eigenvalue weighted by Crippen LogP contribution is -2.50. The molecule has 0 radical (unpaired) electrons. The Kier molecular flexibility index (Phi) is 6.74. The van der Waals surface area contributed by atoms with E-state index in [2.05, 4.69) is 0 Å². The lowest BCUT2D eigenvalue weighted by atomic mass is 10.00. The number of likely N-dealkylation sites (tertiary alicyclic amines) is 1. The molecule has 1 aromatic carbocycles. The average molecular weight is 361 g/mol. The fourth-order valence-corrected chi connectivity index (χ4v) is 3.27. The predicted octanol–water partition coefficient (Wildman–Crippen LogP) is 1.32. The third-order valence-corrected chi connectivity index (χ3v) is 4.69. The average Bonchev–Trinajstić information content (AvgIpc) is 2.65. The smallest absolute Gasteiger partial charge is 0.323 e. The van der Waals surface area contributed by atoms with E-state index < -0.39 is 5.97 Å². The summed E-state index contributed by atoms with van der Waals surface area (Å²) in [5, 5.41) is 9.25. The van der Waals surface area contributed by atoms with Crippen LogP contribution in [0.25, 0.3) is 0 Å². The molecule has 1 aliphatic rings. The summed E-state index contributed by atoms with van der Waals surface area (Å²) < 4.78 is 0. The summed E-state index contributed by atoms with van der Waals surface area (Å²) in [7, 11) is 0. The second-order valence-electron chi connectivity index (χ2n) is 6.94. The lowest BCUT2D eigenvalue weighted by molar-refractivity contribution is -0.140. The highest BCUT2D eigenvalue weighted by Gasteiger charge is 2.31. The zero-order valence-corrected chi connectivity index (χ0v) is 15.4. The Labute approximate surface area is 153 Å². The molecule has 0 spiro atoms. The van der Waals surface area contributed by atoms with Gasteiger partial charge in [0.15, 0.2) is 0 Å². The number of carbonyl (C=O) groups excluding carboxylic acids is 2. The van der Waals surface area contributed by atoms with Gasteiger partial charge in [-0.25, -0.2) is 0 Å². The minimum atomic E-state index is -1.05. The maximum atomic E-state index is 12.9. The van der Waals surface area contributed by atoms with Gasteiger partial charge in [0.1, 0.15) is 6.54 Å². The van der Waals surface area contributed by atoms with Crippen molar-refractivity contribution in [1.82, 2.24) is 9.80 Å². The summed E-state index contributed by atoms with van der Waals surface area (Å²) in [6, 6.07) is 6.76. The van der Waals surface area contributed by atoms with Crippen LogP contribution in [0, 0.1) is 5.92 Å². The van der Waals surface area contributed by atoms with Crippen molar-refractivity contribution in [3.63, 3.8) is 0 Å². The number of carboxylic acid groups (broad SMARTS) is 1. The van der Waals surface area contributed by atoms with E-state index in [0.29, 0.717) is 38.0 Å². The first-order valence-corrected chi connectivity index (χ1v) is 8.94. The van der Waals surface area contributed by atoms with Crippen LogP contribution in [-0.2, 0) is 16.1 Å². The van der Waals surface area contributed by atoms with E-state index in [9.17, 15) is 19.5 Å². The van der Waals surface area contributed by atoms with Gasteiger partial charge in [-0.1, -0.05) is 26.0 Å². The summed E-state index contributed by atoms with van der Waals surface area (Å²) in [5.41, 5.74) is 6.89. The molecule has 1 aliphatic heterocycles. The molecule has 1 heterocycles. The number of nitrogens with zero attached hydrogens (tertiary/aromatic N) is 2. The number of hydrogen-bond acceptors (Lipinski definition) is 4. The number of benzene rings is 1. The normalized spacial score (nSPS) is 15.2. The molecule has 0 aliphatic carbocycles. The van der Waals surface area contributed by atoms with Gasteiger partial charge in [-0.05, 0) is 30.5 Å². The van der Waals surface area contributed by atoms with Gasteiger partial charge in [-0.15, -0.1) is 0 Å². The number of aliphatic carboxylic acids is 1. The Morgan fingerprint density at radius 3 is 2.46 bits per heavy atom. The molecule has 26 heavy (non-hydrogen) atoms. The van der Waals surface area contributed by atoms with Crippen LogP contribution in [0.4, 0.5) is 0 Å². The van der Waals surface area contributed by atoms with Crippen molar-refractivity contribution in [3.8, 4) is 0 Å². The van der Waals surface area contributed by atoms with E-state index in [4.69, 9.17) is 5.73 Å². The maximum Gasteiger partial charge on any atom is 0.323 e. The topological polar surface area (TPSA) is 104 Å². The number of piperidine rings is 1. The van der Waals surface area contributed by atoms with E-state index in [1.807, 2.05) is 19.9 Å². The van der Waals surface area contributed by atoms with Crippen LogP contribution in [0.2, 0.25) is 0 Å². The fourth-order valence-electron chi connectivity index (χ4n) is 3.27. The van der Waals surface area contributed by atoms with Gasteiger partial charge >= 0.3 is 5.97 Å². The summed E-state index contributed by atoms with van der Waals surface area (Å²) >= 11 is 0. The largest absolute Gasteiger partial charge is 0.480 e. The van der Waals surface area contributed by atoms with Gasteiger partial charge < -0.3 is 20.6 Å². The Balaban J connectivity index is 2.14. The number of carbonyl (C=O) groups is 3. The van der Waals surface area contributed by atoms with Crippen molar-refractivity contribution in [2.75, 3.05) is 19.6 Å². The first-order valence-electron chi connectivity index (χ1n) is 8.94. The van der Waals surface area contributed by atoms with Crippen LogP contribution in [0.15, 0.2) is 24.3 Å². The molecule has 0 atom stereocenters. The number of amides is 2. The zero-order valence-electron chi connectivity index (χ0n) is 15.4. The highest BCUT2D eigenvalue weighted by Crippen LogP contribution is 2.21. The van der Waals surface area contributed by atoms with Crippen LogP contribution in [-0.4, -0.2) is 58.4 Å². The standard InChI is InChI=1S/C19H27N3O4/c1-13(2)18(25)21-8-6-16(7-9-21)22(12-17(23)24)19(26)15-5-3-4-14(10-15)11-20/h3-5,10,13,16H,6-9,11-12,20H2,1-2H3,(H,23,24). The molecule has 0 aromatic heterocycles. The summed E-state index contributed by atoms with van der Waals surface area (Å²) in [4.78, 5) is 39.5. The van der Waals surface area contributed by atoms with Crippen molar-refractivity contribution in [1.29, 1.82) is 0 Å². The zero-order chi connectivity index (χ0) is 19.3. The first-order chi connectivity index (χ1) is 12.3. The van der Waals surface area contributed by atoms with Gasteiger partial charge in [0, 0.05) is 37.2 Å². The van der Waals surface area contributed by atoms with Crippen LogP contribution in [0.1, 0.15) is 42.6 Å². The fraction of sp³-hybridized carbons (Fsp3) is 0.526. The van der Waals surface area contributed by atoms with Gasteiger partial charge in [0.25, 0.3) is 5.91 Å². The van der Waals surface area contributed by atoms with E-state index in [1.54, 1.807) is 23.1 Å². The highest BCUT2D eigenvalue weighted by molar-refractivity contribution is 5.96. The van der Waals surface area contributed by atoms with Crippen LogP contribution in [0.3, 0.4) is 0 Å². The van der Waals surface area contributed by atoms with E-state index in [1.165, 1.54) is 4.90 Å². The number of nitrogens with two attached hydrogens (primary N) is 1. The Morgan fingerprint density at radius 1 is 1.27 bits per heavy atom. The SMILES string of the molecule is CC(C)C(=O)N1CCC(N(CC(=O)O)C(=O)c2cccc(CN)c2)CC1. The predicted molar refractivity (Wildman–Crippen MR) is 97.4 cm³/mol. The molecule has 0 saturated carbocycles. The van der Waals surface area contributed by atoms with Gasteiger partial charge in [0.05, 0.1) is 0 Å². The minimum absolute atomic E-state index is 0.0673. The monoisotopic (exact) mass is 361 g/mol. The third-order valence-electron chi connectivity index (χ3n) is 4.69. The van der Waals surface area contributed by atoms with E-state index >= 15 is 0 Å². The van der Waals surface area contributed by atoms with Crippen molar-refractivity contribution in [2.45, 2.75) is 39.3 Å². The van der Waals surface area contributed by atoms with Gasteiger partial charge in [-0.3, -0.25) is 14.4 Å². The Morgan fingerprint density at radius 2 is 1.92 bits per heavy atom. The quantitative estimate of drug-likeness (QED) is 0.795. The van der Waals surface area contributed by atoms with Crippen LogP contribution >= 0.6 is 0 Å². The molecular weight excluding hydrogens is 334 g/mol. The molecule has 2 rings (SSSR count). The third kappa shape index (κ3) is 4.82. The minimum Gasteiger partial charge on any atom is -0.480 e. The number of hydrogen-bond donors (Lipinski definition) is 2. The summed E-state index contributed by atoms with van der Waals surface area (Å²) in [6.45, 7) is 4.75. The van der Waals surface area contributed by atoms with Gasteiger partial charge in [-0.2, -0.15) is 0 Å². The van der Waals surface area contributed by atoms with E-state index in [-0.39, 0.29) is 30.3 Å². The van der Waals surface area contributed by atoms with Crippen molar-refractivity contribution in [2.24, 2.45) is 11.7 Å². The number of rotatable bonds is 6. The molecule has 142 valence electrons. The summed E-state index contributed by atoms with van der Waals surface area (Å²) in [6.07, 6.45) is 1.15. The Hall–Kier alpha value is -2.41. The molecule has 0 unspecified atom stereocenters. The molecule has 2 amide bonds. The Bertz CT molecular complexity index is 667. The second-order valence-corrected chi connectivity index (χ2v) is 6.94. The lowest BCUT2D eigenvalue weighted by Gasteiger charge is -2.38. The van der Waals surface area contributed by atoms with Crippen molar-refractivity contribution in [3.05, 3.63) is 35.4 Å². The molecule has 7 nitrogen and oxygen atoms in total. The first kappa shape index (κ1) is 19.9. The maximum absolute atomic E-state index is 12.9. The molecule has 1 saturated heterocycles. The van der Waals surface area contributed by atoms with Crippen molar-refractivity contribution < 1.29 is 19.5 Å². The van der Waals surface area contributed by atoms with Crippen LogP contribution < -0.4 is 5.73 Å². The highest BCUT2D eigenvalue weighted by atomic mass is 16.4. The molecule has 0 bridgehead atoms. The molecule has 1 aromatic rings. The summed E-state index contributed by atoms with van der Waals surface area (Å²) in [5.74, 6) is -1.33.